The van der Waals surface area contributed by atoms with Crippen LogP contribution in [0.3, 0.4) is 0 Å². The number of aliphatic hydroxyl groups is 1. The molecular formula is C12H13BFNOSe. The van der Waals surface area contributed by atoms with Crippen molar-refractivity contribution in [3.05, 3.63) is 34.5 Å². The summed E-state index contributed by atoms with van der Waals surface area (Å²) in [5.41, 5.74) is -0.364. The first-order chi connectivity index (χ1) is 7.90. The van der Waals surface area contributed by atoms with Gasteiger partial charge in [0.05, 0.1) is 0 Å². The monoisotopic (exact) mass is 297 g/mol. The average Bonchev–Trinajstić information content (AvgIpc) is 2.60. The van der Waals surface area contributed by atoms with Crippen molar-refractivity contribution in [1.82, 2.24) is 4.90 Å². The zero-order valence-electron chi connectivity index (χ0n) is 9.77. The van der Waals surface area contributed by atoms with Crippen molar-refractivity contribution < 1.29 is 9.50 Å². The van der Waals surface area contributed by atoms with Crippen LogP contribution in [0.5, 0.6) is 0 Å². The molecule has 88 valence electrons. The summed E-state index contributed by atoms with van der Waals surface area (Å²) in [5.74, 6) is -0.212. The van der Waals surface area contributed by atoms with E-state index in [2.05, 4.69) is 4.94 Å². The van der Waals surface area contributed by atoms with Crippen LogP contribution in [0.25, 0.3) is 9.65 Å². The summed E-state index contributed by atoms with van der Waals surface area (Å²) in [6, 6.07) is 4.76. The molecule has 2 radical (unpaired) electrons. The Morgan fingerprint density at radius 1 is 1.47 bits per heavy atom. The van der Waals surface area contributed by atoms with Gasteiger partial charge in [0.2, 0.25) is 0 Å². The van der Waals surface area contributed by atoms with E-state index in [-0.39, 0.29) is 20.3 Å². The first-order valence-electron chi connectivity index (χ1n) is 5.24. The Hall–Kier alpha value is -0.606. The molecule has 0 aliphatic carbocycles. The SMILES string of the molecule is [B]C(O)(Cc1c[se]c2cc(F)ccc12)N(C)C. The van der Waals surface area contributed by atoms with Crippen molar-refractivity contribution in [1.29, 1.82) is 0 Å². The zero-order valence-corrected chi connectivity index (χ0v) is 11.5. The number of halogens is 1. The predicted molar refractivity (Wildman–Crippen MR) is 68.9 cm³/mol. The number of hydrogen-bond donors (Lipinski definition) is 1. The number of rotatable bonds is 3. The van der Waals surface area contributed by atoms with Crippen LogP contribution in [0.2, 0.25) is 0 Å². The number of benzene rings is 1. The van der Waals surface area contributed by atoms with Crippen LogP contribution in [0.4, 0.5) is 4.39 Å². The summed E-state index contributed by atoms with van der Waals surface area (Å²) >= 11 is 0.134. The minimum absolute atomic E-state index is 0.134. The normalized spacial score (nSPS) is 15.4. The summed E-state index contributed by atoms with van der Waals surface area (Å²) < 4.78 is 14.1. The molecule has 0 aliphatic heterocycles. The molecule has 2 rings (SSSR count). The summed E-state index contributed by atoms with van der Waals surface area (Å²) in [6.07, 6.45) is 0.348. The second-order valence-electron chi connectivity index (χ2n) is 4.35. The van der Waals surface area contributed by atoms with Crippen LogP contribution in [0, 0.1) is 5.82 Å². The van der Waals surface area contributed by atoms with Gasteiger partial charge in [-0.25, -0.2) is 0 Å². The van der Waals surface area contributed by atoms with Gasteiger partial charge < -0.3 is 0 Å². The van der Waals surface area contributed by atoms with E-state index in [1.807, 2.05) is 0 Å². The Kier molecular flexibility index (Phi) is 3.46. The molecule has 0 amide bonds. The van der Waals surface area contributed by atoms with Crippen LogP contribution in [0.1, 0.15) is 5.56 Å². The number of likely N-dealkylation sites (N-methyl/N-ethyl adjacent to an activating group) is 1. The van der Waals surface area contributed by atoms with Gasteiger partial charge >= 0.3 is 107 Å². The molecule has 5 heteroatoms. The Bertz CT molecular complexity index is 538. The van der Waals surface area contributed by atoms with E-state index in [1.165, 1.54) is 6.07 Å². The maximum absolute atomic E-state index is 13.1. The van der Waals surface area contributed by atoms with Gasteiger partial charge in [-0.2, -0.15) is 0 Å². The average molecular weight is 296 g/mol. The molecule has 1 atom stereocenters. The summed E-state index contributed by atoms with van der Waals surface area (Å²) in [5, 5.41) is 11.0. The Morgan fingerprint density at radius 2 is 2.18 bits per heavy atom. The van der Waals surface area contributed by atoms with E-state index in [4.69, 9.17) is 7.85 Å². The van der Waals surface area contributed by atoms with E-state index >= 15 is 0 Å². The Morgan fingerprint density at radius 3 is 2.82 bits per heavy atom. The maximum atomic E-state index is 13.1. The van der Waals surface area contributed by atoms with Gasteiger partial charge in [0.1, 0.15) is 0 Å². The molecule has 0 saturated heterocycles. The molecule has 17 heavy (non-hydrogen) atoms. The van der Waals surface area contributed by atoms with Gasteiger partial charge in [0.15, 0.2) is 0 Å². The predicted octanol–water partition coefficient (Wildman–Crippen LogP) is 0.955. The van der Waals surface area contributed by atoms with Gasteiger partial charge in [0, 0.05) is 0 Å². The Balaban J connectivity index is 2.37. The molecule has 2 aromatic rings. The molecule has 0 spiro atoms. The third kappa shape index (κ3) is 2.63. The number of fused-ring (bicyclic) bond motifs is 1. The van der Waals surface area contributed by atoms with E-state index in [9.17, 15) is 9.50 Å². The van der Waals surface area contributed by atoms with Gasteiger partial charge in [0.25, 0.3) is 0 Å². The molecule has 1 aromatic heterocycles. The fourth-order valence-corrected chi connectivity index (χ4v) is 3.70. The first kappa shape index (κ1) is 12.8. The van der Waals surface area contributed by atoms with E-state index < -0.39 is 5.62 Å². The number of hydrogen-bond acceptors (Lipinski definition) is 2. The van der Waals surface area contributed by atoms with Crippen molar-refractivity contribution in [3.63, 3.8) is 0 Å². The van der Waals surface area contributed by atoms with Crippen molar-refractivity contribution in [2.24, 2.45) is 0 Å². The van der Waals surface area contributed by atoms with Gasteiger partial charge in [-0.3, -0.25) is 0 Å². The molecule has 1 unspecified atom stereocenters. The van der Waals surface area contributed by atoms with Crippen LogP contribution in [0.15, 0.2) is 23.1 Å². The standard InChI is InChI=1S/C12H13BFNOSe/c1-15(2)12(13,16)6-8-7-17-11-5-9(14)3-4-10(8)11/h3-5,7,16H,6H2,1-2H3. The van der Waals surface area contributed by atoms with E-state index in [0.717, 1.165) is 15.2 Å². The fraction of sp³-hybridized carbons (Fsp3) is 0.333. The molecule has 0 aliphatic rings. The quantitative estimate of drug-likeness (QED) is 0.673. The fourth-order valence-electron chi connectivity index (χ4n) is 1.63. The summed E-state index contributed by atoms with van der Waals surface area (Å²) in [4.78, 5) is 3.63. The van der Waals surface area contributed by atoms with Gasteiger partial charge in [-0.05, 0) is 0 Å². The molecular weight excluding hydrogens is 283 g/mol. The third-order valence-corrected chi connectivity index (χ3v) is 4.93. The zero-order chi connectivity index (χ0) is 12.6. The topological polar surface area (TPSA) is 23.5 Å². The molecule has 0 fully saturated rings. The van der Waals surface area contributed by atoms with Crippen molar-refractivity contribution in [2.75, 3.05) is 14.1 Å². The summed E-state index contributed by atoms with van der Waals surface area (Å²) in [7, 11) is 9.26. The molecule has 1 aromatic carbocycles. The minimum atomic E-state index is -1.36. The Labute approximate surface area is 107 Å². The third-order valence-electron chi connectivity index (χ3n) is 2.84. The molecule has 1 heterocycles. The van der Waals surface area contributed by atoms with Crippen LogP contribution < -0.4 is 0 Å². The molecule has 1 N–H and O–H groups in total. The van der Waals surface area contributed by atoms with Crippen molar-refractivity contribution >= 4 is 32.0 Å². The number of nitrogens with zero attached hydrogens (tertiary/aromatic N) is 1. The van der Waals surface area contributed by atoms with Crippen molar-refractivity contribution in [3.8, 4) is 0 Å². The van der Waals surface area contributed by atoms with E-state index in [1.54, 1.807) is 31.1 Å². The second-order valence-corrected chi connectivity index (χ2v) is 6.26. The van der Waals surface area contributed by atoms with Gasteiger partial charge in [-0.15, -0.1) is 0 Å². The van der Waals surface area contributed by atoms with Crippen LogP contribution >= 0.6 is 0 Å². The second kappa shape index (κ2) is 4.58. The first-order valence-corrected chi connectivity index (χ1v) is 7.09. The van der Waals surface area contributed by atoms with Crippen molar-refractivity contribution in [2.45, 2.75) is 12.0 Å². The molecule has 0 bridgehead atoms. The van der Waals surface area contributed by atoms with Crippen LogP contribution in [-0.4, -0.2) is 52.1 Å². The molecule has 0 saturated carbocycles. The molecule has 2 nitrogen and oxygen atoms in total. The van der Waals surface area contributed by atoms with E-state index in [0.29, 0.717) is 6.42 Å². The van der Waals surface area contributed by atoms with Crippen LogP contribution in [-0.2, 0) is 6.42 Å². The summed E-state index contributed by atoms with van der Waals surface area (Å²) in [6.45, 7) is 0. The van der Waals surface area contributed by atoms with Gasteiger partial charge in [-0.1, -0.05) is 0 Å².